The second-order valence-electron chi connectivity index (χ2n) is 5.06. The van der Waals surface area contributed by atoms with Gasteiger partial charge in [-0.3, -0.25) is 5.43 Å². The molecule has 0 radical (unpaired) electrons. The van der Waals surface area contributed by atoms with Crippen LogP contribution in [0.4, 0.5) is 11.9 Å². The third-order valence-electron chi connectivity index (χ3n) is 3.58. The van der Waals surface area contributed by atoms with E-state index in [-0.39, 0.29) is 6.01 Å². The molecule has 0 saturated heterocycles. The second kappa shape index (κ2) is 7.84. The van der Waals surface area contributed by atoms with Crippen LogP contribution in [0.15, 0.2) is 0 Å². The SMILES string of the molecule is CCOc1nc(NN)nc(NCCC2CCCCC2)n1. The molecular formula is C13H24N6O. The lowest BCUT2D eigenvalue weighted by molar-refractivity contribution is 0.312. The van der Waals surface area contributed by atoms with Crippen LogP contribution in [0.25, 0.3) is 0 Å². The Morgan fingerprint density at radius 1 is 1.15 bits per heavy atom. The van der Waals surface area contributed by atoms with Crippen LogP contribution in [0.2, 0.25) is 0 Å². The summed E-state index contributed by atoms with van der Waals surface area (Å²) in [6.45, 7) is 3.26. The van der Waals surface area contributed by atoms with Gasteiger partial charge in [0.1, 0.15) is 0 Å². The minimum absolute atomic E-state index is 0.288. The number of aromatic nitrogens is 3. The number of nitrogens with two attached hydrogens (primary N) is 1. The van der Waals surface area contributed by atoms with Crippen molar-refractivity contribution >= 4 is 11.9 Å². The molecule has 1 aromatic rings. The molecule has 0 bridgehead atoms. The van der Waals surface area contributed by atoms with Crippen molar-refractivity contribution in [2.45, 2.75) is 45.4 Å². The number of hydrogen-bond donors (Lipinski definition) is 3. The first-order chi connectivity index (χ1) is 9.81. The van der Waals surface area contributed by atoms with Crippen molar-refractivity contribution in [3.8, 4) is 6.01 Å². The van der Waals surface area contributed by atoms with E-state index in [4.69, 9.17) is 10.6 Å². The number of nitrogen functional groups attached to an aromatic ring is 1. The maximum atomic E-state index is 5.34. The molecule has 1 heterocycles. The van der Waals surface area contributed by atoms with Gasteiger partial charge in [-0.25, -0.2) is 5.84 Å². The molecule has 7 nitrogen and oxygen atoms in total. The maximum absolute atomic E-state index is 5.34. The molecule has 0 amide bonds. The van der Waals surface area contributed by atoms with E-state index < -0.39 is 0 Å². The minimum atomic E-state index is 0.288. The van der Waals surface area contributed by atoms with E-state index in [2.05, 4.69) is 25.7 Å². The van der Waals surface area contributed by atoms with Gasteiger partial charge >= 0.3 is 6.01 Å². The van der Waals surface area contributed by atoms with Crippen molar-refractivity contribution in [3.05, 3.63) is 0 Å². The normalized spacial score (nSPS) is 15.9. The minimum Gasteiger partial charge on any atom is -0.464 e. The summed E-state index contributed by atoms with van der Waals surface area (Å²) in [6, 6.07) is 0.288. The zero-order chi connectivity index (χ0) is 14.2. The van der Waals surface area contributed by atoms with Crippen LogP contribution in [0.5, 0.6) is 6.01 Å². The highest BCUT2D eigenvalue weighted by Gasteiger charge is 2.13. The number of ether oxygens (including phenoxy) is 1. The van der Waals surface area contributed by atoms with Crippen LogP contribution in [0.3, 0.4) is 0 Å². The quantitative estimate of drug-likeness (QED) is 0.518. The summed E-state index contributed by atoms with van der Waals surface area (Å²) in [7, 11) is 0. The van der Waals surface area contributed by atoms with E-state index >= 15 is 0 Å². The van der Waals surface area contributed by atoms with Gasteiger partial charge in [0.2, 0.25) is 11.9 Å². The summed E-state index contributed by atoms with van der Waals surface area (Å²) in [5, 5.41) is 3.23. The molecule has 0 aliphatic heterocycles. The highest BCUT2D eigenvalue weighted by atomic mass is 16.5. The number of anilines is 2. The first kappa shape index (κ1) is 14.8. The molecule has 1 saturated carbocycles. The standard InChI is InChI=1S/C13H24N6O/c1-2-20-13-17-11(16-12(18-13)19-14)15-9-8-10-6-4-3-5-7-10/h10H,2-9,14H2,1H3,(H2,15,16,17,18,19). The van der Waals surface area contributed by atoms with E-state index in [1.54, 1.807) is 0 Å². The monoisotopic (exact) mass is 280 g/mol. The smallest absolute Gasteiger partial charge is 0.323 e. The second-order valence-corrected chi connectivity index (χ2v) is 5.06. The molecule has 4 N–H and O–H groups in total. The summed E-state index contributed by atoms with van der Waals surface area (Å²) in [4.78, 5) is 12.4. The molecule has 0 unspecified atom stereocenters. The van der Waals surface area contributed by atoms with Gasteiger partial charge in [-0.1, -0.05) is 32.1 Å². The Bertz CT molecular complexity index is 408. The fourth-order valence-corrected chi connectivity index (χ4v) is 2.56. The Morgan fingerprint density at radius 2 is 1.90 bits per heavy atom. The van der Waals surface area contributed by atoms with Crippen molar-refractivity contribution in [1.82, 2.24) is 15.0 Å². The van der Waals surface area contributed by atoms with E-state index in [9.17, 15) is 0 Å². The van der Waals surface area contributed by atoms with Crippen molar-refractivity contribution < 1.29 is 4.74 Å². The van der Waals surface area contributed by atoms with Crippen LogP contribution in [0.1, 0.15) is 45.4 Å². The molecule has 1 fully saturated rings. The van der Waals surface area contributed by atoms with Crippen molar-refractivity contribution in [1.29, 1.82) is 0 Å². The van der Waals surface area contributed by atoms with Crippen LogP contribution in [0, 0.1) is 5.92 Å². The van der Waals surface area contributed by atoms with E-state index in [0.29, 0.717) is 18.5 Å². The lowest BCUT2D eigenvalue weighted by atomic mass is 9.87. The highest BCUT2D eigenvalue weighted by Crippen LogP contribution is 2.26. The molecule has 0 spiro atoms. The van der Waals surface area contributed by atoms with Crippen molar-refractivity contribution in [3.63, 3.8) is 0 Å². The Morgan fingerprint density at radius 3 is 2.60 bits per heavy atom. The molecule has 20 heavy (non-hydrogen) atoms. The van der Waals surface area contributed by atoms with E-state index in [1.807, 2.05) is 6.92 Å². The number of hydrogen-bond acceptors (Lipinski definition) is 7. The largest absolute Gasteiger partial charge is 0.464 e. The van der Waals surface area contributed by atoms with Gasteiger partial charge in [0.25, 0.3) is 0 Å². The number of hydrazine groups is 1. The van der Waals surface area contributed by atoms with Crippen molar-refractivity contribution in [2.75, 3.05) is 23.9 Å². The third kappa shape index (κ3) is 4.48. The average molecular weight is 280 g/mol. The molecule has 0 atom stereocenters. The van der Waals surface area contributed by atoms with E-state index in [0.717, 1.165) is 18.9 Å². The van der Waals surface area contributed by atoms with Crippen LogP contribution in [-0.2, 0) is 0 Å². The van der Waals surface area contributed by atoms with Gasteiger partial charge in [-0.2, -0.15) is 15.0 Å². The molecule has 7 heteroatoms. The summed E-state index contributed by atoms with van der Waals surface area (Å²) in [5.74, 6) is 6.99. The first-order valence-corrected chi connectivity index (χ1v) is 7.41. The molecule has 0 aromatic carbocycles. The van der Waals surface area contributed by atoms with Gasteiger partial charge in [0.15, 0.2) is 0 Å². The predicted octanol–water partition coefficient (Wildman–Crippen LogP) is 1.94. The van der Waals surface area contributed by atoms with Gasteiger partial charge in [-0.05, 0) is 19.3 Å². The van der Waals surface area contributed by atoms with Gasteiger partial charge in [0.05, 0.1) is 6.61 Å². The third-order valence-corrected chi connectivity index (χ3v) is 3.58. The highest BCUT2D eigenvalue weighted by molar-refractivity contribution is 5.34. The zero-order valence-corrected chi connectivity index (χ0v) is 12.1. The topological polar surface area (TPSA) is 98.0 Å². The summed E-state index contributed by atoms with van der Waals surface area (Å²) in [6.07, 6.45) is 7.97. The lowest BCUT2D eigenvalue weighted by Gasteiger charge is -2.21. The molecule has 1 aliphatic rings. The fraction of sp³-hybridized carbons (Fsp3) is 0.769. The summed E-state index contributed by atoms with van der Waals surface area (Å²) in [5.41, 5.74) is 2.42. The number of nitrogens with zero attached hydrogens (tertiary/aromatic N) is 3. The van der Waals surface area contributed by atoms with Gasteiger partial charge in [0, 0.05) is 6.54 Å². The Labute approximate surface area is 119 Å². The molecule has 1 aromatic heterocycles. The molecule has 1 aliphatic carbocycles. The maximum Gasteiger partial charge on any atom is 0.323 e. The number of nitrogens with one attached hydrogen (secondary N) is 2. The zero-order valence-electron chi connectivity index (χ0n) is 12.1. The molecule has 112 valence electrons. The Balaban J connectivity index is 1.85. The average Bonchev–Trinajstić information content (AvgIpc) is 2.48. The number of rotatable bonds is 7. The van der Waals surface area contributed by atoms with Gasteiger partial charge < -0.3 is 10.1 Å². The summed E-state index contributed by atoms with van der Waals surface area (Å²) >= 11 is 0. The molecular weight excluding hydrogens is 256 g/mol. The predicted molar refractivity (Wildman–Crippen MR) is 78.5 cm³/mol. The fourth-order valence-electron chi connectivity index (χ4n) is 2.56. The van der Waals surface area contributed by atoms with Crippen LogP contribution < -0.4 is 21.3 Å². The summed E-state index contributed by atoms with van der Waals surface area (Å²) < 4.78 is 5.29. The van der Waals surface area contributed by atoms with Crippen LogP contribution >= 0.6 is 0 Å². The first-order valence-electron chi connectivity index (χ1n) is 7.41. The molecule has 2 rings (SSSR count). The van der Waals surface area contributed by atoms with Gasteiger partial charge in [-0.15, -0.1) is 0 Å². The lowest BCUT2D eigenvalue weighted by Crippen LogP contribution is -2.16. The van der Waals surface area contributed by atoms with Crippen molar-refractivity contribution in [2.24, 2.45) is 11.8 Å². The van der Waals surface area contributed by atoms with E-state index in [1.165, 1.54) is 32.1 Å². The Hall–Kier alpha value is -1.63. The van der Waals surface area contributed by atoms with Crippen LogP contribution in [-0.4, -0.2) is 28.1 Å². The Kier molecular flexibility index (Phi) is 5.79.